The Morgan fingerprint density at radius 1 is 0.757 bits per heavy atom. The molecule has 12 heteroatoms. The molecule has 0 unspecified atom stereocenters. The van der Waals surface area contributed by atoms with Crippen LogP contribution in [-0.4, -0.2) is 39.6 Å². The van der Waals surface area contributed by atoms with Crippen LogP contribution in [0.2, 0.25) is 30.1 Å². The normalized spacial score (nSPS) is 13.5. The van der Waals surface area contributed by atoms with Gasteiger partial charge in [-0.05, 0) is 24.6 Å². The van der Waals surface area contributed by atoms with Crippen molar-refractivity contribution >= 4 is 93.1 Å². The summed E-state index contributed by atoms with van der Waals surface area (Å²) >= 11 is 36.9. The molecule has 0 aromatic heterocycles. The van der Waals surface area contributed by atoms with Gasteiger partial charge < -0.3 is 0 Å². The third-order valence-electron chi connectivity index (χ3n) is 5.71. The monoisotopic (exact) mass is 616 g/mol. The van der Waals surface area contributed by atoms with Gasteiger partial charge in [0.15, 0.2) is 5.78 Å². The van der Waals surface area contributed by atoms with E-state index in [1.54, 1.807) is 37.3 Å². The number of benzene rings is 3. The highest BCUT2D eigenvalue weighted by molar-refractivity contribution is 6.55. The number of ketones is 1. The van der Waals surface area contributed by atoms with Crippen molar-refractivity contribution in [1.29, 1.82) is 0 Å². The Balaban J connectivity index is 1.92. The molecule has 0 saturated heterocycles. The summed E-state index contributed by atoms with van der Waals surface area (Å²) in [5.74, 6) is -3.38. The number of hydrogen-bond acceptors (Lipinski definition) is 4. The van der Waals surface area contributed by atoms with Crippen LogP contribution in [0.3, 0.4) is 0 Å². The van der Waals surface area contributed by atoms with E-state index in [1.165, 1.54) is 18.2 Å². The number of fused-ring (bicyclic) bond motifs is 1. The third kappa shape index (κ3) is 4.71. The molecule has 3 aromatic rings. The summed E-state index contributed by atoms with van der Waals surface area (Å²) < 4.78 is 0. The van der Waals surface area contributed by atoms with E-state index in [1.807, 2.05) is 0 Å². The van der Waals surface area contributed by atoms with E-state index in [2.05, 4.69) is 0 Å². The lowest BCUT2D eigenvalue weighted by Gasteiger charge is -2.35. The van der Waals surface area contributed by atoms with Crippen molar-refractivity contribution in [2.45, 2.75) is 19.4 Å². The first-order valence-electron chi connectivity index (χ1n) is 10.6. The van der Waals surface area contributed by atoms with E-state index in [0.717, 1.165) is 5.01 Å². The van der Waals surface area contributed by atoms with Crippen LogP contribution in [0.15, 0.2) is 48.5 Å². The second-order valence-electron chi connectivity index (χ2n) is 7.86. The van der Waals surface area contributed by atoms with Crippen molar-refractivity contribution in [2.24, 2.45) is 0 Å². The predicted octanol–water partition coefficient (Wildman–Crippen LogP) is 7.92. The summed E-state index contributed by atoms with van der Waals surface area (Å²) in [7, 11) is 0. The summed E-state index contributed by atoms with van der Waals surface area (Å²) in [6.45, 7) is 1.63. The molecule has 4 rings (SSSR count). The Bertz CT molecular complexity index is 1430. The molecule has 3 aromatic carbocycles. The van der Waals surface area contributed by atoms with Gasteiger partial charge in [-0.15, -0.1) is 0 Å². The van der Waals surface area contributed by atoms with Crippen LogP contribution in [0.5, 0.6) is 0 Å². The molecule has 3 amide bonds. The number of hydrazine groups is 1. The molecule has 0 N–H and O–H groups in total. The van der Waals surface area contributed by atoms with Gasteiger partial charge in [0.1, 0.15) is 6.04 Å². The van der Waals surface area contributed by atoms with Crippen LogP contribution in [0.25, 0.3) is 0 Å². The minimum absolute atomic E-state index is 0.0291. The molecule has 0 bridgehead atoms. The molecular formula is C25H14Cl6N2O4. The molecule has 37 heavy (non-hydrogen) atoms. The first kappa shape index (κ1) is 27.7. The van der Waals surface area contributed by atoms with Gasteiger partial charge in [-0.25, -0.2) is 5.01 Å². The standard InChI is InChI=1S/C25H14Cl6N2O4/c1-2-15(22(34)11-6-4-3-5-7-11)32(23(35)12-8-9-13(26)14(27)10-12)33-24(36)16-17(25(33)37)19(29)21(31)20(30)18(16)28/h3-10,15H,2H2,1H3/t15-/m1/s1. The van der Waals surface area contributed by atoms with Crippen LogP contribution in [-0.2, 0) is 0 Å². The Hall–Kier alpha value is -2.32. The fourth-order valence-electron chi connectivity index (χ4n) is 3.93. The van der Waals surface area contributed by atoms with Gasteiger partial charge in [0.25, 0.3) is 17.7 Å². The Morgan fingerprint density at radius 2 is 1.30 bits per heavy atom. The Morgan fingerprint density at radius 3 is 1.78 bits per heavy atom. The third-order valence-corrected chi connectivity index (χ3v) is 8.25. The number of nitrogens with zero attached hydrogens (tertiary/aromatic N) is 2. The minimum atomic E-state index is -1.28. The Kier molecular flexibility index (Phi) is 8.10. The highest BCUT2D eigenvalue weighted by Crippen LogP contribution is 2.45. The zero-order valence-corrected chi connectivity index (χ0v) is 23.2. The smallest absolute Gasteiger partial charge is 0.282 e. The van der Waals surface area contributed by atoms with E-state index >= 15 is 0 Å². The second kappa shape index (κ2) is 10.8. The summed E-state index contributed by atoms with van der Waals surface area (Å²) in [6, 6.07) is 10.9. The predicted molar refractivity (Wildman–Crippen MR) is 144 cm³/mol. The van der Waals surface area contributed by atoms with E-state index in [4.69, 9.17) is 69.6 Å². The van der Waals surface area contributed by atoms with Crippen molar-refractivity contribution < 1.29 is 19.2 Å². The molecule has 0 radical (unpaired) electrons. The molecule has 190 valence electrons. The topological polar surface area (TPSA) is 74.8 Å². The summed E-state index contributed by atoms with van der Waals surface area (Å²) in [5, 5.41) is 0.480. The maximum atomic E-state index is 13.9. The van der Waals surface area contributed by atoms with Crippen LogP contribution in [0.1, 0.15) is 54.8 Å². The van der Waals surface area contributed by atoms with Crippen LogP contribution in [0, 0.1) is 0 Å². The lowest BCUT2D eigenvalue weighted by molar-refractivity contribution is -0.00970. The zero-order valence-electron chi connectivity index (χ0n) is 18.7. The van der Waals surface area contributed by atoms with Crippen molar-refractivity contribution in [3.8, 4) is 0 Å². The number of carbonyl (C=O) groups is 4. The van der Waals surface area contributed by atoms with Crippen LogP contribution < -0.4 is 0 Å². The van der Waals surface area contributed by atoms with Gasteiger partial charge in [0.05, 0.1) is 41.3 Å². The molecule has 1 atom stereocenters. The second-order valence-corrected chi connectivity index (χ2v) is 10.2. The molecule has 1 heterocycles. The average molecular weight is 619 g/mol. The SMILES string of the molecule is CC[C@H](C(=O)c1ccccc1)N(C(=O)c1ccc(Cl)c(Cl)c1)N1C(=O)c2c(Cl)c(Cl)c(Cl)c(Cl)c2C1=O. The zero-order chi connectivity index (χ0) is 27.2. The molecule has 0 saturated carbocycles. The summed E-state index contributed by atoms with van der Waals surface area (Å²) in [6.07, 6.45) is 0.0389. The summed E-state index contributed by atoms with van der Waals surface area (Å²) in [4.78, 5) is 54.7. The van der Waals surface area contributed by atoms with E-state index in [-0.39, 0.29) is 58.8 Å². The fraction of sp³-hybridized carbons (Fsp3) is 0.120. The van der Waals surface area contributed by atoms with Gasteiger partial charge in [0.2, 0.25) is 0 Å². The number of Topliss-reactive ketones (excluding diaryl/α,β-unsaturated/α-hetero) is 1. The minimum Gasteiger partial charge on any atom is -0.292 e. The van der Waals surface area contributed by atoms with Gasteiger partial charge in [-0.2, -0.15) is 5.01 Å². The number of amides is 3. The highest BCUT2D eigenvalue weighted by atomic mass is 35.5. The van der Waals surface area contributed by atoms with Crippen LogP contribution >= 0.6 is 69.6 Å². The van der Waals surface area contributed by atoms with Gasteiger partial charge in [-0.3, -0.25) is 19.2 Å². The largest absolute Gasteiger partial charge is 0.292 e. The number of imide groups is 1. The van der Waals surface area contributed by atoms with E-state index in [9.17, 15) is 19.2 Å². The van der Waals surface area contributed by atoms with Crippen molar-refractivity contribution in [3.63, 3.8) is 0 Å². The van der Waals surface area contributed by atoms with Crippen molar-refractivity contribution in [3.05, 3.63) is 101 Å². The quantitative estimate of drug-likeness (QED) is 0.122. The van der Waals surface area contributed by atoms with Gasteiger partial charge >= 0.3 is 0 Å². The van der Waals surface area contributed by atoms with Crippen LogP contribution in [0.4, 0.5) is 0 Å². The maximum absolute atomic E-state index is 13.9. The highest BCUT2D eigenvalue weighted by Gasteiger charge is 2.49. The molecule has 0 spiro atoms. The summed E-state index contributed by atoms with van der Waals surface area (Å²) in [5.41, 5.74) is -0.432. The lowest BCUT2D eigenvalue weighted by Crippen LogP contribution is -2.57. The fourth-order valence-corrected chi connectivity index (χ4v) is 5.24. The molecule has 1 aliphatic rings. The number of halogens is 6. The average Bonchev–Trinajstić information content (AvgIpc) is 3.15. The van der Waals surface area contributed by atoms with Crippen molar-refractivity contribution in [1.82, 2.24) is 10.0 Å². The van der Waals surface area contributed by atoms with E-state index in [0.29, 0.717) is 5.01 Å². The molecule has 0 aliphatic carbocycles. The lowest BCUT2D eigenvalue weighted by atomic mass is 10.0. The van der Waals surface area contributed by atoms with Crippen molar-refractivity contribution in [2.75, 3.05) is 0 Å². The molecular weight excluding hydrogens is 605 g/mol. The molecule has 0 fully saturated rings. The van der Waals surface area contributed by atoms with Gasteiger partial charge in [0, 0.05) is 11.1 Å². The maximum Gasteiger partial charge on any atom is 0.282 e. The molecule has 6 nitrogen and oxygen atoms in total. The first-order valence-corrected chi connectivity index (χ1v) is 12.9. The first-order chi connectivity index (χ1) is 17.5. The van der Waals surface area contributed by atoms with Gasteiger partial charge in [-0.1, -0.05) is 107 Å². The number of rotatable bonds is 6. The molecule has 1 aliphatic heterocycles. The number of hydrogen-bond donors (Lipinski definition) is 0. The number of carbonyl (C=O) groups excluding carboxylic acids is 4. The Labute approximate surface area is 241 Å². The van der Waals surface area contributed by atoms with E-state index < -0.39 is 29.5 Å².